The van der Waals surface area contributed by atoms with Crippen molar-refractivity contribution in [2.24, 2.45) is 5.73 Å². The van der Waals surface area contributed by atoms with Gasteiger partial charge in [0.1, 0.15) is 5.56 Å². The van der Waals surface area contributed by atoms with Crippen LogP contribution in [0, 0.1) is 13.8 Å². The zero-order valence-corrected chi connectivity index (χ0v) is 17.5. The third kappa shape index (κ3) is 3.81. The van der Waals surface area contributed by atoms with Crippen molar-refractivity contribution in [3.8, 4) is 11.1 Å². The summed E-state index contributed by atoms with van der Waals surface area (Å²) < 4.78 is 1.60. The van der Waals surface area contributed by atoms with Gasteiger partial charge in [-0.1, -0.05) is 12.1 Å². The lowest BCUT2D eigenvalue weighted by Gasteiger charge is -2.12. The van der Waals surface area contributed by atoms with Crippen LogP contribution in [0.15, 0.2) is 47.3 Å². The zero-order chi connectivity index (χ0) is 21.3. The number of rotatable bonds is 6. The first-order chi connectivity index (χ1) is 14.4. The molecule has 0 fully saturated rings. The van der Waals surface area contributed by atoms with Gasteiger partial charge >= 0.3 is 0 Å². The molecule has 0 spiro atoms. The van der Waals surface area contributed by atoms with Crippen LogP contribution in [0.5, 0.6) is 0 Å². The highest BCUT2D eigenvalue weighted by atomic mass is 32.1. The van der Waals surface area contributed by atoms with Crippen LogP contribution in [0.1, 0.15) is 33.7 Å². The molecule has 7 nitrogen and oxygen atoms in total. The van der Waals surface area contributed by atoms with Crippen molar-refractivity contribution < 1.29 is 9.59 Å². The van der Waals surface area contributed by atoms with Crippen LogP contribution in [0.2, 0.25) is 0 Å². The number of carbonyl (C=O) groups excluding carboxylic acids is 2. The molecule has 3 aromatic heterocycles. The Morgan fingerprint density at radius 3 is 2.77 bits per heavy atom. The number of aryl methyl sites for hydroxylation is 2. The van der Waals surface area contributed by atoms with E-state index in [9.17, 15) is 9.59 Å². The molecule has 0 saturated heterocycles. The fourth-order valence-electron chi connectivity index (χ4n) is 3.51. The molecule has 152 valence electrons. The Kier molecular flexibility index (Phi) is 5.33. The van der Waals surface area contributed by atoms with E-state index in [0.29, 0.717) is 18.5 Å². The first-order valence-electron chi connectivity index (χ1n) is 9.50. The Hall–Kier alpha value is -3.52. The lowest BCUT2D eigenvalue weighted by molar-refractivity contribution is -0.116. The minimum Gasteiger partial charge on any atom is -0.365 e. The Morgan fingerprint density at radius 2 is 2.03 bits per heavy atom. The van der Waals surface area contributed by atoms with Crippen molar-refractivity contribution in [2.75, 3.05) is 5.32 Å². The number of thiophene rings is 1. The number of benzene rings is 1. The highest BCUT2D eigenvalue weighted by Crippen LogP contribution is 2.25. The third-order valence-electron chi connectivity index (χ3n) is 5.08. The van der Waals surface area contributed by atoms with Crippen molar-refractivity contribution >= 4 is 34.5 Å². The number of amides is 2. The van der Waals surface area contributed by atoms with Gasteiger partial charge in [-0.05, 0) is 65.9 Å². The summed E-state index contributed by atoms with van der Waals surface area (Å²) in [7, 11) is 0. The first-order valence-corrected chi connectivity index (χ1v) is 10.4. The number of carbonyl (C=O) groups is 2. The molecule has 0 saturated carbocycles. The molecule has 2 amide bonds. The monoisotopic (exact) mass is 419 g/mol. The van der Waals surface area contributed by atoms with E-state index in [4.69, 9.17) is 5.73 Å². The predicted octanol–water partition coefficient (Wildman–Crippen LogP) is 3.74. The molecule has 1 aromatic carbocycles. The van der Waals surface area contributed by atoms with Crippen molar-refractivity contribution in [2.45, 2.75) is 26.7 Å². The summed E-state index contributed by atoms with van der Waals surface area (Å²) in [5.74, 6) is -0.636. The number of nitrogens with two attached hydrogens (primary N) is 1. The van der Waals surface area contributed by atoms with Gasteiger partial charge in [0.2, 0.25) is 5.91 Å². The predicted molar refractivity (Wildman–Crippen MR) is 118 cm³/mol. The van der Waals surface area contributed by atoms with Crippen LogP contribution in [-0.4, -0.2) is 26.4 Å². The van der Waals surface area contributed by atoms with Crippen molar-refractivity contribution in [3.63, 3.8) is 0 Å². The molecule has 0 radical (unpaired) electrons. The topological polar surface area (TPSA) is 102 Å². The van der Waals surface area contributed by atoms with Crippen LogP contribution in [0.3, 0.4) is 0 Å². The van der Waals surface area contributed by atoms with Gasteiger partial charge in [-0.25, -0.2) is 9.50 Å². The SMILES string of the molecule is Cc1nc2c(C(N)=O)cnn2c(C)c1CCC(=O)Nc1cccc(-c2ccsc2)c1. The number of hydrogen-bond acceptors (Lipinski definition) is 5. The van der Waals surface area contributed by atoms with Crippen LogP contribution >= 0.6 is 11.3 Å². The van der Waals surface area contributed by atoms with E-state index in [1.807, 2.05) is 43.5 Å². The number of aromatic nitrogens is 3. The smallest absolute Gasteiger partial charge is 0.254 e. The summed E-state index contributed by atoms with van der Waals surface area (Å²) >= 11 is 1.64. The Morgan fingerprint density at radius 1 is 1.20 bits per heavy atom. The maximum atomic E-state index is 12.6. The molecule has 0 atom stereocenters. The minimum absolute atomic E-state index is 0.0744. The van der Waals surface area contributed by atoms with E-state index in [-0.39, 0.29) is 11.5 Å². The lowest BCUT2D eigenvalue weighted by atomic mass is 10.1. The van der Waals surface area contributed by atoms with Crippen LogP contribution in [0.4, 0.5) is 5.69 Å². The van der Waals surface area contributed by atoms with Gasteiger partial charge in [0.25, 0.3) is 5.91 Å². The summed E-state index contributed by atoms with van der Waals surface area (Å²) in [4.78, 5) is 28.6. The number of hydrogen-bond donors (Lipinski definition) is 2. The van der Waals surface area contributed by atoms with Crippen molar-refractivity contribution in [3.05, 3.63) is 69.8 Å². The normalized spacial score (nSPS) is 11.0. The number of nitrogens with one attached hydrogen (secondary N) is 1. The second-order valence-electron chi connectivity index (χ2n) is 7.06. The van der Waals surface area contributed by atoms with Gasteiger partial charge in [0, 0.05) is 23.5 Å². The molecular weight excluding hydrogens is 398 g/mol. The zero-order valence-electron chi connectivity index (χ0n) is 16.7. The van der Waals surface area contributed by atoms with Gasteiger partial charge < -0.3 is 11.1 Å². The molecule has 3 N–H and O–H groups in total. The average Bonchev–Trinajstić information content (AvgIpc) is 3.38. The van der Waals surface area contributed by atoms with Crippen molar-refractivity contribution in [1.29, 1.82) is 0 Å². The van der Waals surface area contributed by atoms with Crippen LogP contribution < -0.4 is 11.1 Å². The Labute approximate surface area is 177 Å². The van der Waals surface area contributed by atoms with E-state index in [1.54, 1.807) is 15.9 Å². The summed E-state index contributed by atoms with van der Waals surface area (Å²) in [6.45, 7) is 3.76. The van der Waals surface area contributed by atoms with Crippen LogP contribution in [-0.2, 0) is 11.2 Å². The van der Waals surface area contributed by atoms with Gasteiger partial charge in [0.15, 0.2) is 5.65 Å². The highest BCUT2D eigenvalue weighted by molar-refractivity contribution is 7.08. The fourth-order valence-corrected chi connectivity index (χ4v) is 4.18. The number of nitrogens with zero attached hydrogens (tertiary/aromatic N) is 3. The molecule has 3 heterocycles. The quantitative estimate of drug-likeness (QED) is 0.497. The molecule has 0 aliphatic rings. The molecule has 30 heavy (non-hydrogen) atoms. The van der Waals surface area contributed by atoms with Gasteiger partial charge in [0.05, 0.1) is 6.20 Å². The van der Waals surface area contributed by atoms with E-state index < -0.39 is 5.91 Å². The number of primary amides is 1. The van der Waals surface area contributed by atoms with E-state index >= 15 is 0 Å². The summed E-state index contributed by atoms with van der Waals surface area (Å²) in [6.07, 6.45) is 2.25. The summed E-state index contributed by atoms with van der Waals surface area (Å²) in [5.41, 5.74) is 11.6. The van der Waals surface area contributed by atoms with Gasteiger partial charge in [-0.15, -0.1) is 0 Å². The molecule has 8 heteroatoms. The average molecular weight is 420 g/mol. The minimum atomic E-state index is -0.562. The fraction of sp³-hybridized carbons (Fsp3) is 0.182. The van der Waals surface area contributed by atoms with E-state index in [1.165, 1.54) is 6.20 Å². The molecule has 4 aromatic rings. The molecule has 0 aliphatic heterocycles. The second-order valence-corrected chi connectivity index (χ2v) is 7.84. The Bertz CT molecular complexity index is 1240. The lowest BCUT2D eigenvalue weighted by Crippen LogP contribution is -2.15. The number of fused-ring (bicyclic) bond motifs is 1. The maximum Gasteiger partial charge on any atom is 0.254 e. The first kappa shape index (κ1) is 19.8. The van der Waals surface area contributed by atoms with E-state index in [0.717, 1.165) is 33.8 Å². The number of anilines is 1. The van der Waals surface area contributed by atoms with Crippen molar-refractivity contribution in [1.82, 2.24) is 14.6 Å². The van der Waals surface area contributed by atoms with E-state index in [2.05, 4.69) is 26.8 Å². The molecule has 4 rings (SSSR count). The maximum absolute atomic E-state index is 12.6. The highest BCUT2D eigenvalue weighted by Gasteiger charge is 2.17. The summed E-state index contributed by atoms with van der Waals surface area (Å²) in [6, 6.07) is 9.86. The molecule has 0 aliphatic carbocycles. The van der Waals surface area contributed by atoms with Gasteiger partial charge in [-0.2, -0.15) is 16.4 Å². The Balaban J connectivity index is 1.48. The molecule has 0 bridgehead atoms. The third-order valence-corrected chi connectivity index (χ3v) is 5.76. The molecular formula is C22H21N5O2S. The molecule has 0 unspecified atom stereocenters. The largest absolute Gasteiger partial charge is 0.365 e. The standard InChI is InChI=1S/C22H21N5O2S/c1-13-18(14(2)27-22(25-13)19(11-24-27)21(23)29)6-7-20(28)26-17-5-3-4-15(10-17)16-8-9-30-12-16/h3-5,8-12H,6-7H2,1-2H3,(H2,23,29)(H,26,28). The van der Waals surface area contributed by atoms with Gasteiger partial charge in [-0.3, -0.25) is 9.59 Å². The summed E-state index contributed by atoms with van der Waals surface area (Å²) in [5, 5.41) is 11.3. The second kappa shape index (κ2) is 8.08. The van der Waals surface area contributed by atoms with Crippen LogP contribution in [0.25, 0.3) is 16.8 Å².